The number of aryl methyl sites for hydroxylation is 1. The van der Waals surface area contributed by atoms with Crippen LogP contribution in [-0.2, 0) is 6.42 Å². The number of benzene rings is 1. The zero-order chi connectivity index (χ0) is 12.3. The van der Waals surface area contributed by atoms with Crippen LogP contribution in [0.4, 0.5) is 0 Å². The number of rotatable bonds is 3. The van der Waals surface area contributed by atoms with E-state index in [-0.39, 0.29) is 0 Å². The van der Waals surface area contributed by atoms with E-state index in [1.165, 1.54) is 37.3 Å². The van der Waals surface area contributed by atoms with Crippen molar-refractivity contribution >= 4 is 0 Å². The van der Waals surface area contributed by atoms with Crippen molar-refractivity contribution in [2.45, 2.75) is 26.3 Å². The lowest BCUT2D eigenvalue weighted by atomic mass is 10.0. The summed E-state index contributed by atoms with van der Waals surface area (Å²) in [4.78, 5) is 5.00. The van der Waals surface area contributed by atoms with Gasteiger partial charge in [-0.25, -0.2) is 0 Å². The molecule has 0 aromatic heterocycles. The lowest BCUT2D eigenvalue weighted by molar-refractivity contribution is 0.119. The summed E-state index contributed by atoms with van der Waals surface area (Å²) in [6, 6.07) is 9.60. The predicted octanol–water partition coefficient (Wildman–Crippen LogP) is 2.56. The van der Waals surface area contributed by atoms with E-state index in [1.54, 1.807) is 0 Å². The van der Waals surface area contributed by atoms with Crippen molar-refractivity contribution in [2.75, 3.05) is 33.2 Å². The zero-order valence-electron chi connectivity index (χ0n) is 11.3. The lowest BCUT2D eigenvalue weighted by Crippen LogP contribution is -2.45. The average molecular weight is 232 g/mol. The maximum Gasteiger partial charge on any atom is 0.0321 e. The van der Waals surface area contributed by atoms with Gasteiger partial charge >= 0.3 is 0 Å². The van der Waals surface area contributed by atoms with Gasteiger partial charge in [-0.15, -0.1) is 0 Å². The van der Waals surface area contributed by atoms with E-state index in [4.69, 9.17) is 0 Å². The first-order valence-electron chi connectivity index (χ1n) is 6.72. The van der Waals surface area contributed by atoms with Crippen LogP contribution in [0.2, 0.25) is 0 Å². The molecular formula is C15H24N2. The Hall–Kier alpha value is -0.860. The summed E-state index contributed by atoms with van der Waals surface area (Å²) in [6.45, 7) is 9.32. The molecule has 2 rings (SSSR count). The molecule has 1 aromatic carbocycles. The van der Waals surface area contributed by atoms with E-state index in [2.05, 4.69) is 55.0 Å². The van der Waals surface area contributed by atoms with E-state index in [9.17, 15) is 0 Å². The van der Waals surface area contributed by atoms with Gasteiger partial charge in [-0.3, -0.25) is 4.90 Å². The number of hydrogen-bond donors (Lipinski definition) is 0. The summed E-state index contributed by atoms with van der Waals surface area (Å²) < 4.78 is 0. The highest BCUT2D eigenvalue weighted by molar-refractivity contribution is 5.25. The molecule has 0 aliphatic carbocycles. The third-order valence-electron chi connectivity index (χ3n) is 3.93. The molecule has 17 heavy (non-hydrogen) atoms. The van der Waals surface area contributed by atoms with Crippen molar-refractivity contribution in [1.82, 2.24) is 9.80 Å². The summed E-state index contributed by atoms with van der Waals surface area (Å²) in [5, 5.41) is 0. The Morgan fingerprint density at radius 1 is 1.18 bits per heavy atom. The molecule has 2 nitrogen and oxygen atoms in total. The van der Waals surface area contributed by atoms with Gasteiger partial charge in [0.2, 0.25) is 0 Å². The number of likely N-dealkylation sites (N-methyl/N-ethyl adjacent to an activating group) is 1. The van der Waals surface area contributed by atoms with E-state index in [0.29, 0.717) is 6.04 Å². The molecule has 94 valence electrons. The standard InChI is InChI=1S/C15H24N2/c1-4-14-6-5-7-15(12-14)13(2)17-10-8-16(3)9-11-17/h5-7,12-13H,4,8-11H2,1-3H3. The van der Waals surface area contributed by atoms with Gasteiger partial charge < -0.3 is 4.90 Å². The van der Waals surface area contributed by atoms with E-state index in [0.717, 1.165) is 6.42 Å². The quantitative estimate of drug-likeness (QED) is 0.790. The second-order valence-electron chi connectivity index (χ2n) is 5.11. The van der Waals surface area contributed by atoms with Crippen LogP contribution in [0.5, 0.6) is 0 Å². The average Bonchev–Trinajstić information content (AvgIpc) is 2.39. The second kappa shape index (κ2) is 5.65. The summed E-state index contributed by atoms with van der Waals surface area (Å²) >= 11 is 0. The fourth-order valence-corrected chi connectivity index (χ4v) is 2.49. The summed E-state index contributed by atoms with van der Waals surface area (Å²) in [5.74, 6) is 0. The Kier molecular flexibility index (Phi) is 4.19. The van der Waals surface area contributed by atoms with Crippen molar-refractivity contribution in [3.8, 4) is 0 Å². The highest BCUT2D eigenvalue weighted by Gasteiger charge is 2.20. The molecule has 0 amide bonds. The molecule has 1 aliphatic heterocycles. The smallest absolute Gasteiger partial charge is 0.0321 e. The van der Waals surface area contributed by atoms with Crippen LogP contribution in [-0.4, -0.2) is 43.0 Å². The first-order valence-corrected chi connectivity index (χ1v) is 6.72. The van der Waals surface area contributed by atoms with Gasteiger partial charge in [0.1, 0.15) is 0 Å². The lowest BCUT2D eigenvalue weighted by Gasteiger charge is -2.36. The molecule has 1 aliphatic rings. The SMILES string of the molecule is CCc1cccc(C(C)N2CCN(C)CC2)c1. The topological polar surface area (TPSA) is 6.48 Å². The molecule has 1 saturated heterocycles. The van der Waals surface area contributed by atoms with Gasteiger partial charge in [0.05, 0.1) is 0 Å². The maximum atomic E-state index is 2.59. The molecule has 1 aromatic rings. The molecular weight excluding hydrogens is 208 g/mol. The fourth-order valence-electron chi connectivity index (χ4n) is 2.49. The van der Waals surface area contributed by atoms with E-state index in [1.807, 2.05) is 0 Å². The zero-order valence-corrected chi connectivity index (χ0v) is 11.3. The highest BCUT2D eigenvalue weighted by atomic mass is 15.3. The van der Waals surface area contributed by atoms with E-state index >= 15 is 0 Å². The second-order valence-corrected chi connectivity index (χ2v) is 5.11. The van der Waals surface area contributed by atoms with Crippen molar-refractivity contribution in [3.63, 3.8) is 0 Å². The van der Waals surface area contributed by atoms with Gasteiger partial charge in [0.25, 0.3) is 0 Å². The molecule has 1 fully saturated rings. The first kappa shape index (κ1) is 12.6. The molecule has 0 N–H and O–H groups in total. The molecule has 0 bridgehead atoms. The van der Waals surface area contributed by atoms with Crippen molar-refractivity contribution in [3.05, 3.63) is 35.4 Å². The van der Waals surface area contributed by atoms with Crippen LogP contribution in [0, 0.1) is 0 Å². The van der Waals surface area contributed by atoms with Crippen LogP contribution in [0.15, 0.2) is 24.3 Å². The summed E-state index contributed by atoms with van der Waals surface area (Å²) in [5.41, 5.74) is 2.91. The van der Waals surface area contributed by atoms with Crippen LogP contribution >= 0.6 is 0 Å². The van der Waals surface area contributed by atoms with Gasteiger partial charge in [0.15, 0.2) is 0 Å². The number of nitrogens with zero attached hydrogens (tertiary/aromatic N) is 2. The van der Waals surface area contributed by atoms with Crippen molar-refractivity contribution in [1.29, 1.82) is 0 Å². The van der Waals surface area contributed by atoms with Crippen molar-refractivity contribution in [2.24, 2.45) is 0 Å². The molecule has 1 heterocycles. The fraction of sp³-hybridized carbons (Fsp3) is 0.600. The minimum Gasteiger partial charge on any atom is -0.304 e. The molecule has 2 heteroatoms. The summed E-state index contributed by atoms with van der Waals surface area (Å²) in [6.07, 6.45) is 1.13. The number of hydrogen-bond acceptors (Lipinski definition) is 2. The Morgan fingerprint density at radius 3 is 2.53 bits per heavy atom. The third kappa shape index (κ3) is 3.08. The third-order valence-corrected chi connectivity index (χ3v) is 3.93. The minimum atomic E-state index is 0.551. The van der Waals surface area contributed by atoms with Crippen LogP contribution in [0.25, 0.3) is 0 Å². The highest BCUT2D eigenvalue weighted by Crippen LogP contribution is 2.22. The molecule has 0 radical (unpaired) electrons. The molecule has 1 unspecified atom stereocenters. The van der Waals surface area contributed by atoms with Crippen LogP contribution in [0.1, 0.15) is 31.0 Å². The Balaban J connectivity index is 2.05. The monoisotopic (exact) mass is 232 g/mol. The Bertz CT molecular complexity index is 354. The number of piperazine rings is 1. The first-order chi connectivity index (χ1) is 8.20. The molecule has 1 atom stereocenters. The maximum absolute atomic E-state index is 2.59. The van der Waals surface area contributed by atoms with E-state index < -0.39 is 0 Å². The molecule has 0 spiro atoms. The van der Waals surface area contributed by atoms with Crippen LogP contribution < -0.4 is 0 Å². The Morgan fingerprint density at radius 2 is 1.88 bits per heavy atom. The van der Waals surface area contributed by atoms with Crippen molar-refractivity contribution < 1.29 is 0 Å². The van der Waals surface area contributed by atoms with Gasteiger partial charge in [-0.1, -0.05) is 31.2 Å². The Labute approximate surface area is 105 Å². The van der Waals surface area contributed by atoms with Crippen LogP contribution in [0.3, 0.4) is 0 Å². The normalized spacial score (nSPS) is 20.4. The largest absolute Gasteiger partial charge is 0.304 e. The van der Waals surface area contributed by atoms with Gasteiger partial charge in [-0.2, -0.15) is 0 Å². The predicted molar refractivity (Wildman–Crippen MR) is 73.3 cm³/mol. The minimum absolute atomic E-state index is 0.551. The van der Waals surface area contributed by atoms with Gasteiger partial charge in [-0.05, 0) is 31.5 Å². The summed E-state index contributed by atoms with van der Waals surface area (Å²) in [7, 11) is 2.21. The van der Waals surface area contributed by atoms with Gasteiger partial charge in [0, 0.05) is 32.2 Å². The molecule has 0 saturated carbocycles.